The molecular formula is C38H70O8. The van der Waals surface area contributed by atoms with Crippen LogP contribution in [0.4, 0.5) is 0 Å². The van der Waals surface area contributed by atoms with Crippen molar-refractivity contribution in [2.75, 3.05) is 0 Å². The highest BCUT2D eigenvalue weighted by atomic mass is 16.4. The van der Waals surface area contributed by atoms with Crippen LogP contribution in [0.25, 0.3) is 0 Å². The maximum atomic E-state index is 13.5. The van der Waals surface area contributed by atoms with Crippen molar-refractivity contribution in [2.24, 2.45) is 16.2 Å². The van der Waals surface area contributed by atoms with E-state index in [0.717, 1.165) is 103 Å². The first-order valence-electron chi connectivity index (χ1n) is 18.9. The van der Waals surface area contributed by atoms with E-state index in [1.807, 2.05) is 0 Å². The highest BCUT2D eigenvalue weighted by molar-refractivity contribution is 6.20. The second-order valence-corrected chi connectivity index (χ2v) is 14.1. The molecule has 0 bridgehead atoms. The van der Waals surface area contributed by atoms with Gasteiger partial charge in [-0.25, -0.2) is 0 Å². The lowest BCUT2D eigenvalue weighted by Gasteiger charge is -2.52. The third-order valence-electron chi connectivity index (χ3n) is 10.6. The molecule has 0 aliphatic rings. The summed E-state index contributed by atoms with van der Waals surface area (Å²) in [4.78, 5) is 52.3. The minimum atomic E-state index is -3.50. The Morgan fingerprint density at radius 3 is 0.848 bits per heavy atom. The molecule has 1 atom stereocenters. The zero-order chi connectivity index (χ0) is 34.9. The van der Waals surface area contributed by atoms with Crippen LogP contribution < -0.4 is 0 Å². The standard InChI is InChI=1S/C38H70O8/c1-5-8-11-14-17-20-23-26-29-36(4,30-27-24-21-18-15-12-9-6-2)37(32(39)40,31-28-25-22-19-16-13-10-7-3)38(33(41)42,34(43)44)35(45)46/h5-31H2,1-4H3,(H,39,40)(H,41,42)(H,43,44)(H,45,46). The summed E-state index contributed by atoms with van der Waals surface area (Å²) in [5, 5.41) is 42.3. The van der Waals surface area contributed by atoms with Gasteiger partial charge in [0, 0.05) is 0 Å². The first-order valence-corrected chi connectivity index (χ1v) is 18.9. The number of hydrogen-bond donors (Lipinski definition) is 4. The number of carboxylic acid groups (broad SMARTS) is 4. The van der Waals surface area contributed by atoms with Gasteiger partial charge in [0.25, 0.3) is 5.41 Å². The van der Waals surface area contributed by atoms with Gasteiger partial charge in [0.05, 0.1) is 0 Å². The molecule has 0 amide bonds. The summed E-state index contributed by atoms with van der Waals surface area (Å²) in [5.41, 5.74) is -7.37. The molecule has 0 spiro atoms. The molecule has 0 aromatic rings. The predicted octanol–water partition coefficient (Wildman–Crippen LogP) is 10.9. The van der Waals surface area contributed by atoms with Crippen LogP contribution in [0.3, 0.4) is 0 Å². The van der Waals surface area contributed by atoms with E-state index >= 15 is 0 Å². The first-order chi connectivity index (χ1) is 22.0. The summed E-state index contributed by atoms with van der Waals surface area (Å²) in [6.07, 6.45) is 23.5. The molecule has 4 N–H and O–H groups in total. The molecule has 1 unspecified atom stereocenters. The topological polar surface area (TPSA) is 149 Å². The van der Waals surface area contributed by atoms with Crippen molar-refractivity contribution in [1.29, 1.82) is 0 Å². The fourth-order valence-electron chi connectivity index (χ4n) is 7.66. The molecular weight excluding hydrogens is 584 g/mol. The van der Waals surface area contributed by atoms with Crippen molar-refractivity contribution in [1.82, 2.24) is 0 Å². The van der Waals surface area contributed by atoms with Crippen LogP contribution in [-0.2, 0) is 19.2 Å². The second-order valence-electron chi connectivity index (χ2n) is 14.1. The summed E-state index contributed by atoms with van der Waals surface area (Å²) < 4.78 is 0. The van der Waals surface area contributed by atoms with Gasteiger partial charge in [-0.15, -0.1) is 0 Å². The fourth-order valence-corrected chi connectivity index (χ4v) is 7.66. The van der Waals surface area contributed by atoms with E-state index < -0.39 is 40.1 Å². The van der Waals surface area contributed by atoms with Gasteiger partial charge in [0.1, 0.15) is 5.41 Å². The van der Waals surface area contributed by atoms with Crippen molar-refractivity contribution in [3.8, 4) is 0 Å². The van der Waals surface area contributed by atoms with Gasteiger partial charge in [0.15, 0.2) is 0 Å². The third kappa shape index (κ3) is 13.2. The Morgan fingerprint density at radius 1 is 0.370 bits per heavy atom. The van der Waals surface area contributed by atoms with E-state index in [9.17, 15) is 39.6 Å². The van der Waals surface area contributed by atoms with Gasteiger partial charge in [-0.1, -0.05) is 182 Å². The number of rotatable bonds is 33. The summed E-state index contributed by atoms with van der Waals surface area (Å²) in [6, 6.07) is 0. The van der Waals surface area contributed by atoms with Crippen molar-refractivity contribution >= 4 is 23.9 Å². The van der Waals surface area contributed by atoms with E-state index in [2.05, 4.69) is 20.8 Å². The monoisotopic (exact) mass is 655 g/mol. The summed E-state index contributed by atoms with van der Waals surface area (Å²) in [5.74, 6) is -7.93. The van der Waals surface area contributed by atoms with Gasteiger partial charge in [0.2, 0.25) is 0 Å². The maximum absolute atomic E-state index is 13.5. The molecule has 0 saturated heterocycles. The van der Waals surface area contributed by atoms with Crippen LogP contribution in [0.1, 0.15) is 201 Å². The van der Waals surface area contributed by atoms with Crippen molar-refractivity contribution < 1.29 is 39.6 Å². The molecule has 0 fully saturated rings. The van der Waals surface area contributed by atoms with Gasteiger partial charge >= 0.3 is 23.9 Å². The molecule has 0 rings (SSSR count). The zero-order valence-electron chi connectivity index (χ0n) is 30.0. The minimum Gasteiger partial charge on any atom is -0.481 e. The Morgan fingerprint density at radius 2 is 0.609 bits per heavy atom. The quantitative estimate of drug-likeness (QED) is 0.0403. The van der Waals surface area contributed by atoms with Crippen LogP contribution in [0.5, 0.6) is 0 Å². The molecule has 0 aliphatic carbocycles. The number of unbranched alkanes of at least 4 members (excludes halogenated alkanes) is 21. The number of carbonyl (C=O) groups is 4. The Bertz CT molecular complexity index is 798. The van der Waals surface area contributed by atoms with Gasteiger partial charge < -0.3 is 20.4 Å². The highest BCUT2D eigenvalue weighted by Gasteiger charge is 2.76. The summed E-state index contributed by atoms with van der Waals surface area (Å²) in [7, 11) is 0. The molecule has 0 radical (unpaired) electrons. The summed E-state index contributed by atoms with van der Waals surface area (Å²) >= 11 is 0. The van der Waals surface area contributed by atoms with Crippen LogP contribution in [0, 0.1) is 16.2 Å². The van der Waals surface area contributed by atoms with E-state index in [4.69, 9.17) is 0 Å². The number of hydrogen-bond acceptors (Lipinski definition) is 4. The van der Waals surface area contributed by atoms with Gasteiger partial charge in [-0.05, 0) is 24.7 Å². The SMILES string of the molecule is CCCCCCCCCCC(C)(CCCCCCCCCC)C(CCCCCCCCCC)(C(=O)O)C(C(=O)O)(C(=O)O)C(=O)O. The smallest absolute Gasteiger partial charge is 0.334 e. The highest BCUT2D eigenvalue weighted by Crippen LogP contribution is 2.60. The molecule has 8 heteroatoms. The van der Waals surface area contributed by atoms with Gasteiger partial charge in [-0.2, -0.15) is 0 Å². The Kier molecular flexibility index (Phi) is 23.8. The van der Waals surface area contributed by atoms with Crippen LogP contribution >= 0.6 is 0 Å². The predicted molar refractivity (Wildman–Crippen MR) is 185 cm³/mol. The molecule has 46 heavy (non-hydrogen) atoms. The number of aliphatic carboxylic acids is 4. The lowest BCUT2D eigenvalue weighted by Crippen LogP contribution is -2.67. The van der Waals surface area contributed by atoms with E-state index in [1.165, 1.54) is 25.7 Å². The molecule has 0 aromatic carbocycles. The Hall–Kier alpha value is -2.12. The maximum Gasteiger partial charge on any atom is 0.334 e. The zero-order valence-corrected chi connectivity index (χ0v) is 30.0. The third-order valence-corrected chi connectivity index (χ3v) is 10.6. The number of carboxylic acids is 4. The van der Waals surface area contributed by atoms with Crippen LogP contribution in [0.15, 0.2) is 0 Å². The lowest BCUT2D eigenvalue weighted by molar-refractivity contribution is -0.210. The van der Waals surface area contributed by atoms with Gasteiger partial charge in [-0.3, -0.25) is 19.2 Å². The van der Waals surface area contributed by atoms with E-state index in [-0.39, 0.29) is 25.7 Å². The minimum absolute atomic E-state index is 0.264. The average Bonchev–Trinajstić information content (AvgIpc) is 2.99. The van der Waals surface area contributed by atoms with E-state index in [0.29, 0.717) is 19.3 Å². The molecule has 0 saturated carbocycles. The van der Waals surface area contributed by atoms with Crippen LogP contribution in [0.2, 0.25) is 0 Å². The van der Waals surface area contributed by atoms with Crippen molar-refractivity contribution in [3.63, 3.8) is 0 Å². The molecule has 0 aromatic heterocycles. The van der Waals surface area contributed by atoms with Crippen LogP contribution in [-0.4, -0.2) is 44.3 Å². The van der Waals surface area contributed by atoms with E-state index in [1.54, 1.807) is 6.92 Å². The van der Waals surface area contributed by atoms with Crippen molar-refractivity contribution in [2.45, 2.75) is 201 Å². The molecule has 0 heterocycles. The largest absolute Gasteiger partial charge is 0.481 e. The fraction of sp³-hybridized carbons (Fsp3) is 0.895. The molecule has 0 aliphatic heterocycles. The average molecular weight is 655 g/mol. The first kappa shape index (κ1) is 43.9. The summed E-state index contributed by atoms with van der Waals surface area (Å²) in [6.45, 7) is 8.16. The molecule has 8 nitrogen and oxygen atoms in total. The second kappa shape index (κ2) is 25.0. The van der Waals surface area contributed by atoms with Crippen molar-refractivity contribution in [3.05, 3.63) is 0 Å². The normalized spacial score (nSPS) is 13.4. The lowest BCUT2D eigenvalue weighted by atomic mass is 9.46. The molecule has 270 valence electrons. The Balaban J connectivity index is 6.41. The Labute approximate surface area is 280 Å².